The summed E-state index contributed by atoms with van der Waals surface area (Å²) in [5.41, 5.74) is -0.347. The van der Waals surface area contributed by atoms with Gasteiger partial charge in [-0.3, -0.25) is 5.32 Å². The molecule has 0 fully saturated rings. The molecule has 8 heteroatoms. The number of rotatable bonds is 2. The Bertz CT molecular complexity index is 424. The van der Waals surface area contributed by atoms with Crippen LogP contribution in [0.4, 0.5) is 9.93 Å². The van der Waals surface area contributed by atoms with E-state index in [0.29, 0.717) is 0 Å². The lowest BCUT2D eigenvalue weighted by atomic mass is 10.1. The van der Waals surface area contributed by atoms with Gasteiger partial charge < -0.3 is 10.1 Å². The first-order chi connectivity index (χ1) is 7.81. The summed E-state index contributed by atoms with van der Waals surface area (Å²) in [6.07, 6.45) is 0. The lowest BCUT2D eigenvalue weighted by Gasteiger charge is -2.19. The zero-order valence-electron chi connectivity index (χ0n) is 10.0. The van der Waals surface area contributed by atoms with Crippen molar-refractivity contribution in [3.8, 4) is 0 Å². The van der Waals surface area contributed by atoms with Crippen molar-refractivity contribution in [3.63, 3.8) is 0 Å². The highest BCUT2D eigenvalue weighted by atomic mass is 32.1. The van der Waals surface area contributed by atoms with Gasteiger partial charge >= 0.3 is 12.0 Å². The molecule has 0 radical (unpaired) electrons. The van der Waals surface area contributed by atoms with Gasteiger partial charge in [-0.05, 0) is 20.8 Å². The van der Waals surface area contributed by atoms with Crippen molar-refractivity contribution in [3.05, 3.63) is 5.82 Å². The molecule has 0 atom stereocenters. The van der Waals surface area contributed by atoms with Crippen LogP contribution in [0.2, 0.25) is 0 Å². The number of nitrogens with one attached hydrogen (secondary N) is 2. The minimum atomic E-state index is -0.634. The molecule has 1 aromatic rings. The summed E-state index contributed by atoms with van der Waals surface area (Å²) >= 11 is 0.914. The van der Waals surface area contributed by atoms with Crippen LogP contribution in [0.1, 0.15) is 31.4 Å². The van der Waals surface area contributed by atoms with Crippen LogP contribution in [-0.4, -0.2) is 34.0 Å². The molecule has 17 heavy (non-hydrogen) atoms. The summed E-state index contributed by atoms with van der Waals surface area (Å²) in [6, 6.07) is -0.398. The SMILES string of the molecule is COC(=O)c1nsc(NC(=O)NC(C)(C)C)n1. The second-order valence-corrected chi connectivity index (χ2v) is 5.00. The van der Waals surface area contributed by atoms with Gasteiger partial charge in [0.25, 0.3) is 5.82 Å². The molecule has 0 spiro atoms. The first-order valence-electron chi connectivity index (χ1n) is 4.83. The molecule has 1 rings (SSSR count). The van der Waals surface area contributed by atoms with Crippen LogP contribution in [0.15, 0.2) is 0 Å². The number of hydrogen-bond donors (Lipinski definition) is 2. The summed E-state index contributed by atoms with van der Waals surface area (Å²) in [7, 11) is 1.24. The Morgan fingerprint density at radius 1 is 1.35 bits per heavy atom. The smallest absolute Gasteiger partial charge is 0.377 e. The van der Waals surface area contributed by atoms with Gasteiger partial charge in [0.05, 0.1) is 7.11 Å². The van der Waals surface area contributed by atoms with Gasteiger partial charge in [-0.15, -0.1) is 0 Å². The number of esters is 1. The van der Waals surface area contributed by atoms with Gasteiger partial charge in [-0.1, -0.05) is 0 Å². The molecule has 0 aliphatic heterocycles. The predicted molar refractivity (Wildman–Crippen MR) is 63.2 cm³/mol. The van der Waals surface area contributed by atoms with E-state index in [9.17, 15) is 9.59 Å². The van der Waals surface area contributed by atoms with E-state index in [0.717, 1.165) is 11.5 Å². The number of anilines is 1. The molecule has 0 bridgehead atoms. The van der Waals surface area contributed by atoms with E-state index >= 15 is 0 Å². The number of carbonyl (C=O) groups excluding carboxylic acids is 2. The summed E-state index contributed by atoms with van der Waals surface area (Å²) in [6.45, 7) is 5.56. The second-order valence-electron chi connectivity index (χ2n) is 4.24. The van der Waals surface area contributed by atoms with Gasteiger partial charge in [0.1, 0.15) is 0 Å². The highest BCUT2D eigenvalue weighted by Crippen LogP contribution is 2.11. The van der Waals surface area contributed by atoms with Gasteiger partial charge in [0.15, 0.2) is 0 Å². The van der Waals surface area contributed by atoms with E-state index < -0.39 is 12.0 Å². The maximum atomic E-state index is 11.5. The average Bonchev–Trinajstić information content (AvgIpc) is 2.62. The quantitative estimate of drug-likeness (QED) is 0.778. The van der Waals surface area contributed by atoms with E-state index in [1.807, 2.05) is 20.8 Å². The molecule has 0 unspecified atom stereocenters. The van der Waals surface area contributed by atoms with Gasteiger partial charge in [0.2, 0.25) is 5.13 Å². The molecule has 1 aromatic heterocycles. The van der Waals surface area contributed by atoms with Crippen molar-refractivity contribution in [2.75, 3.05) is 12.4 Å². The largest absolute Gasteiger partial charge is 0.463 e. The first kappa shape index (κ1) is 13.4. The minimum Gasteiger partial charge on any atom is -0.463 e. The molecular weight excluding hydrogens is 244 g/mol. The molecule has 0 aliphatic carbocycles. The maximum absolute atomic E-state index is 11.5. The average molecular weight is 258 g/mol. The fourth-order valence-electron chi connectivity index (χ4n) is 0.917. The summed E-state index contributed by atoms with van der Waals surface area (Å²) in [5.74, 6) is -0.700. The lowest BCUT2D eigenvalue weighted by Crippen LogP contribution is -2.43. The number of amides is 2. The predicted octanol–water partition coefficient (Wildman–Crippen LogP) is 1.24. The summed E-state index contributed by atoms with van der Waals surface area (Å²) in [4.78, 5) is 26.4. The Morgan fingerprint density at radius 3 is 2.53 bits per heavy atom. The molecule has 0 saturated heterocycles. The van der Waals surface area contributed by atoms with Crippen molar-refractivity contribution < 1.29 is 14.3 Å². The van der Waals surface area contributed by atoms with Crippen LogP contribution < -0.4 is 10.6 Å². The number of carbonyl (C=O) groups is 2. The number of methoxy groups -OCH3 is 1. The molecule has 0 aromatic carbocycles. The number of aromatic nitrogens is 2. The topological polar surface area (TPSA) is 93.2 Å². The Kier molecular flexibility index (Phi) is 4.00. The summed E-state index contributed by atoms with van der Waals surface area (Å²) < 4.78 is 8.20. The van der Waals surface area contributed by atoms with Crippen LogP contribution in [0.5, 0.6) is 0 Å². The van der Waals surface area contributed by atoms with Crippen molar-refractivity contribution in [1.29, 1.82) is 0 Å². The molecule has 94 valence electrons. The van der Waals surface area contributed by atoms with E-state index in [4.69, 9.17) is 0 Å². The van der Waals surface area contributed by atoms with E-state index in [1.165, 1.54) is 7.11 Å². The molecule has 2 N–H and O–H groups in total. The normalized spacial score (nSPS) is 10.8. The molecule has 7 nitrogen and oxygen atoms in total. The van der Waals surface area contributed by atoms with Crippen LogP contribution in [0.25, 0.3) is 0 Å². The fraction of sp³-hybridized carbons (Fsp3) is 0.556. The van der Waals surface area contributed by atoms with Gasteiger partial charge in [0, 0.05) is 17.1 Å². The van der Waals surface area contributed by atoms with Crippen molar-refractivity contribution in [1.82, 2.24) is 14.7 Å². The molecule has 1 heterocycles. The third kappa shape index (κ3) is 4.35. The third-order valence-electron chi connectivity index (χ3n) is 1.50. The fourth-order valence-corrected chi connectivity index (χ4v) is 1.47. The van der Waals surface area contributed by atoms with Crippen molar-refractivity contribution in [2.45, 2.75) is 26.3 Å². The Labute approximate surface area is 103 Å². The number of urea groups is 1. The van der Waals surface area contributed by atoms with Gasteiger partial charge in [-0.25, -0.2) is 9.59 Å². The van der Waals surface area contributed by atoms with Crippen molar-refractivity contribution in [2.24, 2.45) is 0 Å². The van der Waals surface area contributed by atoms with Crippen LogP contribution in [0.3, 0.4) is 0 Å². The van der Waals surface area contributed by atoms with Crippen LogP contribution >= 0.6 is 11.5 Å². The zero-order valence-corrected chi connectivity index (χ0v) is 10.8. The highest BCUT2D eigenvalue weighted by molar-refractivity contribution is 7.10. The number of hydrogen-bond acceptors (Lipinski definition) is 6. The Morgan fingerprint density at radius 2 is 2.00 bits per heavy atom. The zero-order chi connectivity index (χ0) is 13.1. The standard InChI is InChI=1S/C9H14N4O3S/c1-9(2,3)12-7(15)11-8-10-5(13-17-8)6(14)16-4/h1-4H3,(H2,10,11,12,13,15). The summed E-state index contributed by atoms with van der Waals surface area (Å²) in [5, 5.41) is 5.42. The first-order valence-corrected chi connectivity index (χ1v) is 5.60. The monoisotopic (exact) mass is 258 g/mol. The van der Waals surface area contributed by atoms with Crippen LogP contribution in [-0.2, 0) is 4.74 Å². The lowest BCUT2D eigenvalue weighted by molar-refractivity contribution is 0.0588. The molecule has 0 saturated carbocycles. The minimum absolute atomic E-state index is 0.0661. The van der Waals surface area contributed by atoms with E-state index in [2.05, 4.69) is 24.7 Å². The number of ether oxygens (including phenoxy) is 1. The molecule has 0 aliphatic rings. The van der Waals surface area contributed by atoms with Crippen LogP contribution in [0, 0.1) is 0 Å². The third-order valence-corrected chi connectivity index (χ3v) is 2.13. The Hall–Kier alpha value is -1.70. The molecular formula is C9H14N4O3S. The van der Waals surface area contributed by atoms with E-state index in [-0.39, 0.29) is 16.5 Å². The maximum Gasteiger partial charge on any atom is 0.377 e. The Balaban J connectivity index is 2.61. The van der Waals surface area contributed by atoms with Crippen molar-refractivity contribution >= 4 is 28.7 Å². The second kappa shape index (κ2) is 5.09. The molecule has 2 amide bonds. The van der Waals surface area contributed by atoms with Gasteiger partial charge in [-0.2, -0.15) is 9.36 Å². The number of nitrogens with zero attached hydrogens (tertiary/aromatic N) is 2. The van der Waals surface area contributed by atoms with E-state index in [1.54, 1.807) is 0 Å². The highest BCUT2D eigenvalue weighted by Gasteiger charge is 2.17.